The number of benzene rings is 1. The van der Waals surface area contributed by atoms with E-state index < -0.39 is 0 Å². The molecule has 1 aromatic carbocycles. The van der Waals surface area contributed by atoms with E-state index in [0.717, 1.165) is 36.6 Å². The Kier molecular flexibility index (Phi) is 5.09. The molecule has 2 rings (SSSR count). The van der Waals surface area contributed by atoms with Crippen molar-refractivity contribution in [2.24, 2.45) is 0 Å². The number of nitrogens with zero attached hydrogens (tertiary/aromatic N) is 3. The first kappa shape index (κ1) is 15.2. The van der Waals surface area contributed by atoms with Crippen molar-refractivity contribution in [1.29, 1.82) is 0 Å². The summed E-state index contributed by atoms with van der Waals surface area (Å²) in [5, 5.41) is 3.19. The van der Waals surface area contributed by atoms with Gasteiger partial charge in [0.2, 0.25) is 5.95 Å². The SMILES string of the molecule is CCCNc1ncc(C)c(N(CC)c2ccc(F)cc2)n1. The summed E-state index contributed by atoms with van der Waals surface area (Å²) in [5.74, 6) is 1.23. The van der Waals surface area contributed by atoms with Crippen LogP contribution >= 0.6 is 0 Å². The quantitative estimate of drug-likeness (QED) is 0.875. The lowest BCUT2D eigenvalue weighted by Crippen LogP contribution is -2.19. The van der Waals surface area contributed by atoms with E-state index in [9.17, 15) is 4.39 Å². The highest BCUT2D eigenvalue weighted by Gasteiger charge is 2.13. The van der Waals surface area contributed by atoms with Gasteiger partial charge in [0.15, 0.2) is 0 Å². The number of hydrogen-bond donors (Lipinski definition) is 1. The Morgan fingerprint density at radius 1 is 1.19 bits per heavy atom. The number of anilines is 3. The maximum absolute atomic E-state index is 13.1. The minimum atomic E-state index is -0.237. The average Bonchev–Trinajstić information content (AvgIpc) is 2.50. The molecule has 0 saturated heterocycles. The zero-order valence-electron chi connectivity index (χ0n) is 12.7. The number of rotatable bonds is 6. The highest BCUT2D eigenvalue weighted by atomic mass is 19.1. The third kappa shape index (κ3) is 3.68. The molecular weight excluding hydrogens is 267 g/mol. The summed E-state index contributed by atoms with van der Waals surface area (Å²) in [4.78, 5) is 10.9. The fourth-order valence-corrected chi connectivity index (χ4v) is 2.10. The molecule has 4 nitrogen and oxygen atoms in total. The highest BCUT2D eigenvalue weighted by Crippen LogP contribution is 2.26. The molecule has 0 saturated carbocycles. The van der Waals surface area contributed by atoms with Gasteiger partial charge in [0.1, 0.15) is 11.6 Å². The summed E-state index contributed by atoms with van der Waals surface area (Å²) in [6.45, 7) is 7.70. The molecule has 21 heavy (non-hydrogen) atoms. The molecule has 0 atom stereocenters. The Morgan fingerprint density at radius 2 is 1.90 bits per heavy atom. The molecule has 0 radical (unpaired) electrons. The second-order valence-electron chi connectivity index (χ2n) is 4.85. The van der Waals surface area contributed by atoms with Crippen LogP contribution in [-0.2, 0) is 0 Å². The lowest BCUT2D eigenvalue weighted by atomic mass is 10.2. The zero-order valence-corrected chi connectivity index (χ0v) is 12.7. The van der Waals surface area contributed by atoms with E-state index in [2.05, 4.69) is 22.2 Å². The molecule has 1 N–H and O–H groups in total. The number of aromatic nitrogens is 2. The molecular formula is C16H21FN4. The van der Waals surface area contributed by atoms with Crippen molar-refractivity contribution in [3.05, 3.63) is 41.8 Å². The zero-order chi connectivity index (χ0) is 15.2. The van der Waals surface area contributed by atoms with Gasteiger partial charge in [-0.2, -0.15) is 4.98 Å². The summed E-state index contributed by atoms with van der Waals surface area (Å²) in [6, 6.07) is 6.45. The third-order valence-electron chi connectivity index (χ3n) is 3.19. The molecule has 0 fully saturated rings. The standard InChI is InChI=1S/C16H21FN4/c1-4-10-18-16-19-11-12(3)15(20-16)21(5-2)14-8-6-13(17)7-9-14/h6-9,11H,4-5,10H2,1-3H3,(H,18,19,20). The Hall–Kier alpha value is -2.17. The second kappa shape index (κ2) is 7.02. The van der Waals surface area contributed by atoms with Gasteiger partial charge in [-0.1, -0.05) is 6.92 Å². The summed E-state index contributed by atoms with van der Waals surface area (Å²) < 4.78 is 13.1. The third-order valence-corrected chi connectivity index (χ3v) is 3.19. The van der Waals surface area contributed by atoms with Crippen LogP contribution < -0.4 is 10.2 Å². The fourth-order valence-electron chi connectivity index (χ4n) is 2.10. The molecule has 0 amide bonds. The lowest BCUT2D eigenvalue weighted by Gasteiger charge is -2.24. The van der Waals surface area contributed by atoms with Crippen molar-refractivity contribution in [3.8, 4) is 0 Å². The smallest absolute Gasteiger partial charge is 0.224 e. The predicted molar refractivity (Wildman–Crippen MR) is 84.6 cm³/mol. The molecule has 0 spiro atoms. The fraction of sp³-hybridized carbons (Fsp3) is 0.375. The first-order valence-electron chi connectivity index (χ1n) is 7.26. The van der Waals surface area contributed by atoms with E-state index in [1.807, 2.05) is 24.9 Å². The molecule has 0 aliphatic rings. The molecule has 5 heteroatoms. The minimum absolute atomic E-state index is 0.237. The van der Waals surface area contributed by atoms with Crippen molar-refractivity contribution < 1.29 is 4.39 Å². The Morgan fingerprint density at radius 3 is 2.52 bits per heavy atom. The van der Waals surface area contributed by atoms with Crippen LogP contribution in [0.5, 0.6) is 0 Å². The van der Waals surface area contributed by atoms with Gasteiger partial charge < -0.3 is 10.2 Å². The minimum Gasteiger partial charge on any atom is -0.354 e. The molecule has 1 aromatic heterocycles. The van der Waals surface area contributed by atoms with E-state index in [4.69, 9.17) is 0 Å². The van der Waals surface area contributed by atoms with Gasteiger partial charge in [-0.3, -0.25) is 0 Å². The highest BCUT2D eigenvalue weighted by molar-refractivity contribution is 5.63. The summed E-state index contributed by atoms with van der Waals surface area (Å²) in [5.41, 5.74) is 1.91. The predicted octanol–water partition coefficient (Wildman–Crippen LogP) is 3.90. The van der Waals surface area contributed by atoms with E-state index in [0.29, 0.717) is 5.95 Å². The van der Waals surface area contributed by atoms with Gasteiger partial charge in [-0.15, -0.1) is 0 Å². The lowest BCUT2D eigenvalue weighted by molar-refractivity contribution is 0.627. The van der Waals surface area contributed by atoms with Crippen LogP contribution in [0, 0.1) is 12.7 Å². The van der Waals surface area contributed by atoms with Crippen molar-refractivity contribution in [3.63, 3.8) is 0 Å². The van der Waals surface area contributed by atoms with Crippen LogP contribution in [-0.4, -0.2) is 23.1 Å². The number of hydrogen-bond acceptors (Lipinski definition) is 4. The number of aryl methyl sites for hydroxylation is 1. The van der Waals surface area contributed by atoms with Crippen LogP contribution in [0.3, 0.4) is 0 Å². The van der Waals surface area contributed by atoms with E-state index >= 15 is 0 Å². The van der Waals surface area contributed by atoms with Crippen LogP contribution in [0.1, 0.15) is 25.8 Å². The van der Waals surface area contributed by atoms with Crippen LogP contribution in [0.25, 0.3) is 0 Å². The molecule has 0 bridgehead atoms. The normalized spacial score (nSPS) is 10.5. The summed E-state index contributed by atoms with van der Waals surface area (Å²) >= 11 is 0. The maximum Gasteiger partial charge on any atom is 0.224 e. The monoisotopic (exact) mass is 288 g/mol. The van der Waals surface area contributed by atoms with E-state index in [-0.39, 0.29) is 5.82 Å². The first-order chi connectivity index (χ1) is 10.2. The van der Waals surface area contributed by atoms with Gasteiger partial charge >= 0.3 is 0 Å². The number of halogens is 1. The summed E-state index contributed by atoms with van der Waals surface area (Å²) in [7, 11) is 0. The van der Waals surface area contributed by atoms with Crippen molar-refractivity contribution >= 4 is 17.5 Å². The average molecular weight is 288 g/mol. The first-order valence-corrected chi connectivity index (χ1v) is 7.26. The molecule has 0 unspecified atom stereocenters. The molecule has 0 aliphatic carbocycles. The van der Waals surface area contributed by atoms with E-state index in [1.54, 1.807) is 12.1 Å². The van der Waals surface area contributed by atoms with Crippen molar-refractivity contribution in [2.75, 3.05) is 23.3 Å². The largest absolute Gasteiger partial charge is 0.354 e. The van der Waals surface area contributed by atoms with E-state index in [1.165, 1.54) is 12.1 Å². The van der Waals surface area contributed by atoms with Gasteiger partial charge in [-0.25, -0.2) is 9.37 Å². The maximum atomic E-state index is 13.1. The van der Waals surface area contributed by atoms with Crippen LogP contribution in [0.4, 0.5) is 21.8 Å². The molecule has 2 aromatic rings. The number of nitrogens with one attached hydrogen (secondary N) is 1. The summed E-state index contributed by atoms with van der Waals surface area (Å²) in [6.07, 6.45) is 2.83. The molecule has 112 valence electrons. The van der Waals surface area contributed by atoms with Crippen LogP contribution in [0.15, 0.2) is 30.5 Å². The van der Waals surface area contributed by atoms with Crippen molar-refractivity contribution in [2.45, 2.75) is 27.2 Å². The van der Waals surface area contributed by atoms with Gasteiger partial charge in [0, 0.05) is 30.5 Å². The van der Waals surface area contributed by atoms with Crippen LogP contribution in [0.2, 0.25) is 0 Å². The Balaban J connectivity index is 2.34. The van der Waals surface area contributed by atoms with Gasteiger partial charge in [0.05, 0.1) is 0 Å². The van der Waals surface area contributed by atoms with Gasteiger partial charge in [-0.05, 0) is 44.5 Å². The topological polar surface area (TPSA) is 41.1 Å². The Labute approximate surface area is 125 Å². The van der Waals surface area contributed by atoms with Crippen molar-refractivity contribution in [1.82, 2.24) is 9.97 Å². The Bertz CT molecular complexity index is 583. The second-order valence-corrected chi connectivity index (χ2v) is 4.85. The molecule has 0 aliphatic heterocycles. The van der Waals surface area contributed by atoms with Gasteiger partial charge in [0.25, 0.3) is 0 Å². The molecule has 1 heterocycles.